The normalized spacial score (nSPS) is 14.4. The molecule has 2 N–H and O–H groups in total. The van der Waals surface area contributed by atoms with Gasteiger partial charge in [0.05, 0.1) is 13.2 Å². The van der Waals surface area contributed by atoms with Crippen LogP contribution in [0.15, 0.2) is 24.3 Å². The lowest BCUT2D eigenvalue weighted by atomic mass is 10.0. The maximum Gasteiger partial charge on any atom is 0.123 e. The van der Waals surface area contributed by atoms with Gasteiger partial charge >= 0.3 is 0 Å². The number of aliphatic hydroxyl groups is 1. The summed E-state index contributed by atoms with van der Waals surface area (Å²) in [6.07, 6.45) is 1.52. The molecule has 0 amide bonds. The van der Waals surface area contributed by atoms with Gasteiger partial charge in [-0.25, -0.2) is 0 Å². The van der Waals surface area contributed by atoms with Crippen molar-refractivity contribution in [3.63, 3.8) is 0 Å². The van der Waals surface area contributed by atoms with Crippen LogP contribution < -0.4 is 10.1 Å². The van der Waals surface area contributed by atoms with E-state index in [1.54, 1.807) is 7.11 Å². The zero-order chi connectivity index (χ0) is 12.7. The number of para-hydroxylation sites is 1. The van der Waals surface area contributed by atoms with E-state index in [0.29, 0.717) is 0 Å². The number of hydrogen-bond acceptors (Lipinski definition) is 3. The highest BCUT2D eigenvalue weighted by Gasteiger charge is 2.13. The molecule has 1 aromatic carbocycles. The van der Waals surface area contributed by atoms with Gasteiger partial charge in [0.15, 0.2) is 0 Å². The molecule has 0 heterocycles. The molecule has 0 fully saturated rings. The molecule has 3 heteroatoms. The van der Waals surface area contributed by atoms with Crippen LogP contribution in [0.4, 0.5) is 0 Å². The van der Waals surface area contributed by atoms with E-state index < -0.39 is 0 Å². The van der Waals surface area contributed by atoms with Crippen molar-refractivity contribution in [2.75, 3.05) is 13.7 Å². The van der Waals surface area contributed by atoms with Gasteiger partial charge in [0.2, 0.25) is 0 Å². The largest absolute Gasteiger partial charge is 0.496 e. The maximum atomic E-state index is 9.24. The first-order chi connectivity index (χ1) is 8.19. The van der Waals surface area contributed by atoms with Crippen molar-refractivity contribution in [2.24, 2.45) is 0 Å². The molecular weight excluding hydrogens is 214 g/mol. The van der Waals surface area contributed by atoms with Crippen molar-refractivity contribution < 1.29 is 9.84 Å². The number of methoxy groups -OCH3 is 1. The van der Waals surface area contributed by atoms with Gasteiger partial charge < -0.3 is 15.2 Å². The Morgan fingerprint density at radius 3 is 2.65 bits per heavy atom. The summed E-state index contributed by atoms with van der Waals surface area (Å²) in [5, 5.41) is 12.7. The first-order valence-corrected chi connectivity index (χ1v) is 6.23. The highest BCUT2D eigenvalue weighted by Crippen LogP contribution is 2.26. The second-order valence-electron chi connectivity index (χ2n) is 4.29. The van der Waals surface area contributed by atoms with Crippen molar-refractivity contribution in [2.45, 2.75) is 38.8 Å². The first kappa shape index (κ1) is 14.0. The summed E-state index contributed by atoms with van der Waals surface area (Å²) in [6.45, 7) is 4.77. The van der Waals surface area contributed by atoms with E-state index in [1.165, 1.54) is 5.56 Å². The lowest BCUT2D eigenvalue weighted by Gasteiger charge is -2.20. The van der Waals surface area contributed by atoms with Gasteiger partial charge in [-0.3, -0.25) is 0 Å². The highest BCUT2D eigenvalue weighted by molar-refractivity contribution is 5.35. The summed E-state index contributed by atoms with van der Waals surface area (Å²) in [4.78, 5) is 0. The average Bonchev–Trinajstić information content (AvgIpc) is 2.34. The highest BCUT2D eigenvalue weighted by atomic mass is 16.5. The van der Waals surface area contributed by atoms with Crippen LogP contribution in [0.2, 0.25) is 0 Å². The summed E-state index contributed by atoms with van der Waals surface area (Å²) >= 11 is 0. The Bertz CT molecular complexity index is 326. The molecule has 0 aliphatic heterocycles. The van der Waals surface area contributed by atoms with Crippen molar-refractivity contribution in [1.29, 1.82) is 0 Å². The zero-order valence-electron chi connectivity index (χ0n) is 10.9. The number of benzene rings is 1. The van der Waals surface area contributed by atoms with E-state index in [1.807, 2.05) is 25.1 Å². The van der Waals surface area contributed by atoms with Crippen LogP contribution >= 0.6 is 0 Å². The van der Waals surface area contributed by atoms with Gasteiger partial charge in [-0.2, -0.15) is 0 Å². The predicted molar refractivity (Wildman–Crippen MR) is 70.3 cm³/mol. The Kier molecular flexibility index (Phi) is 6.01. The lowest BCUT2D eigenvalue weighted by molar-refractivity contribution is 0.182. The number of rotatable bonds is 7. The standard InChI is InChI=1S/C14H23NO2/c1-4-13(15-10-9-11(2)16)12-7-5-6-8-14(12)17-3/h5-8,11,13,15-16H,4,9-10H2,1-3H3. The molecule has 1 aromatic rings. The zero-order valence-corrected chi connectivity index (χ0v) is 10.9. The van der Waals surface area contributed by atoms with Crippen molar-refractivity contribution in [3.8, 4) is 5.75 Å². The average molecular weight is 237 g/mol. The van der Waals surface area contributed by atoms with Crippen LogP contribution in [0.3, 0.4) is 0 Å². The van der Waals surface area contributed by atoms with Crippen LogP contribution in [0.5, 0.6) is 5.75 Å². The van der Waals surface area contributed by atoms with E-state index in [-0.39, 0.29) is 12.1 Å². The number of ether oxygens (including phenoxy) is 1. The van der Waals surface area contributed by atoms with Gasteiger partial charge in [-0.05, 0) is 32.4 Å². The fourth-order valence-corrected chi connectivity index (χ4v) is 1.89. The summed E-state index contributed by atoms with van der Waals surface area (Å²) < 4.78 is 5.37. The fourth-order valence-electron chi connectivity index (χ4n) is 1.89. The summed E-state index contributed by atoms with van der Waals surface area (Å²) in [5.41, 5.74) is 1.18. The molecule has 0 saturated carbocycles. The third kappa shape index (κ3) is 4.36. The van der Waals surface area contributed by atoms with E-state index >= 15 is 0 Å². The molecule has 0 spiro atoms. The number of hydrogen-bond donors (Lipinski definition) is 2. The van der Waals surface area contributed by atoms with Gasteiger partial charge in [0.25, 0.3) is 0 Å². The minimum atomic E-state index is -0.252. The fraction of sp³-hybridized carbons (Fsp3) is 0.571. The molecule has 0 saturated heterocycles. The van der Waals surface area contributed by atoms with Gasteiger partial charge in [-0.15, -0.1) is 0 Å². The van der Waals surface area contributed by atoms with Crippen LogP contribution in [0.25, 0.3) is 0 Å². The van der Waals surface area contributed by atoms with E-state index in [2.05, 4.69) is 18.3 Å². The minimum absolute atomic E-state index is 0.252. The molecule has 0 aliphatic rings. The quantitative estimate of drug-likeness (QED) is 0.765. The molecular formula is C14H23NO2. The van der Waals surface area contributed by atoms with Crippen LogP contribution in [0.1, 0.15) is 38.3 Å². The summed E-state index contributed by atoms with van der Waals surface area (Å²) in [7, 11) is 1.70. The monoisotopic (exact) mass is 237 g/mol. The van der Waals surface area contributed by atoms with E-state index in [0.717, 1.165) is 25.1 Å². The minimum Gasteiger partial charge on any atom is -0.496 e. The van der Waals surface area contributed by atoms with Crippen LogP contribution in [-0.4, -0.2) is 24.9 Å². The number of aliphatic hydroxyl groups excluding tert-OH is 1. The summed E-state index contributed by atoms with van der Waals surface area (Å²) in [5.74, 6) is 0.920. The Morgan fingerprint density at radius 1 is 1.35 bits per heavy atom. The summed E-state index contributed by atoms with van der Waals surface area (Å²) in [6, 6.07) is 8.35. The molecule has 96 valence electrons. The second-order valence-corrected chi connectivity index (χ2v) is 4.29. The molecule has 2 unspecified atom stereocenters. The van der Waals surface area contributed by atoms with Crippen molar-refractivity contribution in [3.05, 3.63) is 29.8 Å². The smallest absolute Gasteiger partial charge is 0.123 e. The second kappa shape index (κ2) is 7.30. The first-order valence-electron chi connectivity index (χ1n) is 6.23. The SMILES string of the molecule is CCC(NCCC(C)O)c1ccccc1OC. The third-order valence-electron chi connectivity index (χ3n) is 2.88. The van der Waals surface area contributed by atoms with Gasteiger partial charge in [0.1, 0.15) is 5.75 Å². The van der Waals surface area contributed by atoms with E-state index in [9.17, 15) is 5.11 Å². The number of nitrogens with one attached hydrogen (secondary N) is 1. The van der Waals surface area contributed by atoms with Crippen molar-refractivity contribution >= 4 is 0 Å². The lowest BCUT2D eigenvalue weighted by Crippen LogP contribution is -2.24. The van der Waals surface area contributed by atoms with E-state index in [4.69, 9.17) is 4.74 Å². The van der Waals surface area contributed by atoms with Crippen LogP contribution in [0, 0.1) is 0 Å². The molecule has 0 bridgehead atoms. The molecule has 2 atom stereocenters. The van der Waals surface area contributed by atoms with Crippen molar-refractivity contribution in [1.82, 2.24) is 5.32 Å². The van der Waals surface area contributed by atoms with Gasteiger partial charge in [-0.1, -0.05) is 25.1 Å². The topological polar surface area (TPSA) is 41.5 Å². The molecule has 0 radical (unpaired) electrons. The van der Waals surface area contributed by atoms with Gasteiger partial charge in [0, 0.05) is 11.6 Å². The Hall–Kier alpha value is -1.06. The molecule has 17 heavy (non-hydrogen) atoms. The Labute approximate surface area is 104 Å². The molecule has 1 rings (SSSR count). The van der Waals surface area contributed by atoms with Crippen LogP contribution in [-0.2, 0) is 0 Å². The maximum absolute atomic E-state index is 9.24. The third-order valence-corrected chi connectivity index (χ3v) is 2.88. The predicted octanol–water partition coefficient (Wildman–Crippen LogP) is 2.51. The molecule has 0 aliphatic carbocycles. The molecule has 3 nitrogen and oxygen atoms in total. The Balaban J connectivity index is 2.65. The Morgan fingerprint density at radius 2 is 2.06 bits per heavy atom. The molecule has 0 aromatic heterocycles.